The Hall–Kier alpha value is -0.810. The third kappa shape index (κ3) is 5.83. The lowest BCUT2D eigenvalue weighted by Crippen LogP contribution is -2.38. The van der Waals surface area contributed by atoms with Crippen molar-refractivity contribution in [2.75, 3.05) is 38.9 Å². The summed E-state index contributed by atoms with van der Waals surface area (Å²) >= 11 is 6.47. The molecule has 2 unspecified atom stereocenters. The Bertz CT molecular complexity index is 427. The topological polar surface area (TPSA) is 47.7 Å². The van der Waals surface area contributed by atoms with Crippen LogP contribution in [0.5, 0.6) is 0 Å². The molecule has 0 radical (unpaired) electrons. The van der Waals surface area contributed by atoms with E-state index in [1.54, 1.807) is 14.2 Å². The van der Waals surface area contributed by atoms with E-state index in [-0.39, 0.29) is 12.1 Å². The second-order valence-corrected chi connectivity index (χ2v) is 5.86. The summed E-state index contributed by atoms with van der Waals surface area (Å²) in [6.07, 6.45) is 0.825. The van der Waals surface area contributed by atoms with Gasteiger partial charge in [-0.1, -0.05) is 17.7 Å². The number of hydrogen-bond acceptors (Lipinski definition) is 4. The SMILES string of the molecule is COCCN(c1ccc(CC(C)N)cc1Cl)C(C)COC. The van der Waals surface area contributed by atoms with Crippen molar-refractivity contribution in [3.05, 3.63) is 28.8 Å². The molecule has 0 bridgehead atoms. The van der Waals surface area contributed by atoms with Crippen LogP contribution in [0.3, 0.4) is 0 Å². The van der Waals surface area contributed by atoms with Crippen LogP contribution in [0.4, 0.5) is 5.69 Å². The van der Waals surface area contributed by atoms with Gasteiger partial charge in [-0.15, -0.1) is 0 Å². The maximum atomic E-state index is 6.47. The van der Waals surface area contributed by atoms with Gasteiger partial charge in [0.05, 0.1) is 23.9 Å². The summed E-state index contributed by atoms with van der Waals surface area (Å²) < 4.78 is 10.5. The second-order valence-electron chi connectivity index (χ2n) is 5.46. The van der Waals surface area contributed by atoms with Gasteiger partial charge in [0.25, 0.3) is 0 Å². The van der Waals surface area contributed by atoms with Gasteiger partial charge >= 0.3 is 0 Å². The zero-order valence-electron chi connectivity index (χ0n) is 13.4. The molecule has 21 heavy (non-hydrogen) atoms. The first-order valence-electron chi connectivity index (χ1n) is 7.28. The lowest BCUT2D eigenvalue weighted by atomic mass is 10.1. The molecular formula is C16H27ClN2O2. The van der Waals surface area contributed by atoms with Gasteiger partial charge in [-0.3, -0.25) is 0 Å². The molecule has 5 heteroatoms. The molecule has 0 spiro atoms. The summed E-state index contributed by atoms with van der Waals surface area (Å²) in [7, 11) is 3.41. The monoisotopic (exact) mass is 314 g/mol. The van der Waals surface area contributed by atoms with Gasteiger partial charge in [0, 0.05) is 32.8 Å². The number of nitrogens with two attached hydrogens (primary N) is 1. The summed E-state index contributed by atoms with van der Waals surface area (Å²) in [6.45, 7) is 6.17. The number of benzene rings is 1. The number of halogens is 1. The first kappa shape index (κ1) is 18.2. The van der Waals surface area contributed by atoms with Crippen molar-refractivity contribution >= 4 is 17.3 Å². The van der Waals surface area contributed by atoms with E-state index >= 15 is 0 Å². The Labute approximate surface area is 133 Å². The van der Waals surface area contributed by atoms with Crippen LogP contribution in [0.1, 0.15) is 19.4 Å². The molecule has 0 aliphatic heterocycles. The lowest BCUT2D eigenvalue weighted by Gasteiger charge is -2.31. The van der Waals surface area contributed by atoms with E-state index in [2.05, 4.69) is 24.0 Å². The minimum atomic E-state index is 0.129. The van der Waals surface area contributed by atoms with Crippen molar-refractivity contribution in [3.63, 3.8) is 0 Å². The van der Waals surface area contributed by atoms with Crippen LogP contribution < -0.4 is 10.6 Å². The van der Waals surface area contributed by atoms with Gasteiger partial charge in [0.2, 0.25) is 0 Å². The Morgan fingerprint density at radius 1 is 1.24 bits per heavy atom. The largest absolute Gasteiger partial charge is 0.383 e. The van der Waals surface area contributed by atoms with Gasteiger partial charge < -0.3 is 20.1 Å². The molecule has 1 aromatic carbocycles. The number of methoxy groups -OCH3 is 2. The molecule has 0 aromatic heterocycles. The van der Waals surface area contributed by atoms with Gasteiger partial charge in [-0.05, 0) is 38.0 Å². The number of nitrogens with zero attached hydrogens (tertiary/aromatic N) is 1. The molecule has 1 rings (SSSR count). The van der Waals surface area contributed by atoms with Crippen molar-refractivity contribution < 1.29 is 9.47 Å². The van der Waals surface area contributed by atoms with E-state index in [0.29, 0.717) is 13.2 Å². The van der Waals surface area contributed by atoms with Crippen LogP contribution in [0.15, 0.2) is 18.2 Å². The molecule has 4 nitrogen and oxygen atoms in total. The van der Waals surface area contributed by atoms with E-state index in [1.165, 1.54) is 0 Å². The van der Waals surface area contributed by atoms with Gasteiger partial charge in [0.15, 0.2) is 0 Å². The van der Waals surface area contributed by atoms with Gasteiger partial charge in [-0.25, -0.2) is 0 Å². The third-order valence-electron chi connectivity index (χ3n) is 3.36. The standard InChI is InChI=1S/C16H27ClN2O2/c1-12(18)9-14-5-6-16(15(17)10-14)19(7-8-20-3)13(2)11-21-4/h5-6,10,12-13H,7-9,11,18H2,1-4H3. The number of rotatable bonds is 9. The highest BCUT2D eigenvalue weighted by Crippen LogP contribution is 2.29. The minimum absolute atomic E-state index is 0.129. The van der Waals surface area contributed by atoms with E-state index in [4.69, 9.17) is 26.8 Å². The smallest absolute Gasteiger partial charge is 0.0663 e. The molecule has 0 amide bonds. The summed E-state index contributed by atoms with van der Waals surface area (Å²) in [6, 6.07) is 6.50. The first-order chi connectivity index (χ1) is 9.99. The Morgan fingerprint density at radius 3 is 2.48 bits per heavy atom. The summed E-state index contributed by atoms with van der Waals surface area (Å²) in [5.74, 6) is 0. The highest BCUT2D eigenvalue weighted by atomic mass is 35.5. The number of ether oxygens (including phenoxy) is 2. The molecule has 0 fully saturated rings. The highest BCUT2D eigenvalue weighted by molar-refractivity contribution is 6.33. The molecule has 1 aromatic rings. The molecule has 2 N–H and O–H groups in total. The fourth-order valence-electron chi connectivity index (χ4n) is 2.38. The number of hydrogen-bond donors (Lipinski definition) is 1. The Morgan fingerprint density at radius 2 is 1.95 bits per heavy atom. The molecule has 0 heterocycles. The minimum Gasteiger partial charge on any atom is -0.383 e. The van der Waals surface area contributed by atoms with Gasteiger partial charge in [0.1, 0.15) is 0 Å². The van der Waals surface area contributed by atoms with Crippen molar-refractivity contribution in [1.29, 1.82) is 0 Å². The average Bonchev–Trinajstić information content (AvgIpc) is 2.40. The zero-order valence-corrected chi connectivity index (χ0v) is 14.2. The van der Waals surface area contributed by atoms with Crippen molar-refractivity contribution in [2.45, 2.75) is 32.4 Å². The van der Waals surface area contributed by atoms with Crippen molar-refractivity contribution in [1.82, 2.24) is 0 Å². The molecule has 0 saturated heterocycles. The third-order valence-corrected chi connectivity index (χ3v) is 3.66. The second kappa shape index (κ2) is 9.26. The normalized spacial score (nSPS) is 14.0. The molecule has 0 aliphatic carbocycles. The van der Waals surface area contributed by atoms with Crippen molar-refractivity contribution in [3.8, 4) is 0 Å². The molecule has 2 atom stereocenters. The van der Waals surface area contributed by atoms with E-state index < -0.39 is 0 Å². The van der Waals surface area contributed by atoms with Crippen molar-refractivity contribution in [2.24, 2.45) is 5.73 Å². The first-order valence-corrected chi connectivity index (χ1v) is 7.65. The van der Waals surface area contributed by atoms with E-state index in [0.717, 1.165) is 29.2 Å². The maximum absolute atomic E-state index is 6.47. The Kier molecular flexibility index (Phi) is 8.04. The quantitative estimate of drug-likeness (QED) is 0.761. The van der Waals surface area contributed by atoms with Crippen LogP contribution in [-0.2, 0) is 15.9 Å². The summed E-state index contributed by atoms with van der Waals surface area (Å²) in [5, 5.41) is 0.743. The molecule has 0 saturated carbocycles. The number of anilines is 1. The van der Waals surface area contributed by atoms with Crippen LogP contribution in [0, 0.1) is 0 Å². The molecule has 120 valence electrons. The highest BCUT2D eigenvalue weighted by Gasteiger charge is 2.17. The van der Waals surface area contributed by atoms with Crippen LogP contribution in [-0.4, -0.2) is 46.1 Å². The zero-order chi connectivity index (χ0) is 15.8. The van der Waals surface area contributed by atoms with Gasteiger partial charge in [-0.2, -0.15) is 0 Å². The fourth-order valence-corrected chi connectivity index (χ4v) is 2.69. The van der Waals surface area contributed by atoms with Crippen LogP contribution in [0.2, 0.25) is 5.02 Å². The fraction of sp³-hybridized carbons (Fsp3) is 0.625. The molecular weight excluding hydrogens is 288 g/mol. The van der Waals surface area contributed by atoms with E-state index in [1.807, 2.05) is 13.0 Å². The average molecular weight is 315 g/mol. The lowest BCUT2D eigenvalue weighted by molar-refractivity contribution is 0.171. The summed E-state index contributed by atoms with van der Waals surface area (Å²) in [5.41, 5.74) is 8.00. The Balaban J connectivity index is 2.95. The maximum Gasteiger partial charge on any atom is 0.0663 e. The predicted octanol–water partition coefficient (Wildman–Crippen LogP) is 2.72. The predicted molar refractivity (Wildman–Crippen MR) is 89.4 cm³/mol. The summed E-state index contributed by atoms with van der Waals surface area (Å²) in [4.78, 5) is 2.21. The van der Waals surface area contributed by atoms with Crippen LogP contribution in [0.25, 0.3) is 0 Å². The van der Waals surface area contributed by atoms with E-state index in [9.17, 15) is 0 Å². The van der Waals surface area contributed by atoms with Crippen LogP contribution >= 0.6 is 11.6 Å². The molecule has 0 aliphatic rings.